The van der Waals surface area contributed by atoms with Crippen molar-refractivity contribution in [1.29, 1.82) is 0 Å². The van der Waals surface area contributed by atoms with Crippen LogP contribution < -0.4 is 4.74 Å². The standard InChI is InChI=1S/C9H5NO4/c1-2-9(11)14-8-5-3-7(4-6-8)10(12)13/h1,3-6H. The van der Waals surface area contributed by atoms with E-state index < -0.39 is 10.9 Å². The fraction of sp³-hybridized carbons (Fsp3) is 0. The molecule has 5 nitrogen and oxygen atoms in total. The smallest absolute Gasteiger partial charge is 0.389 e. The van der Waals surface area contributed by atoms with Gasteiger partial charge in [-0.25, -0.2) is 4.79 Å². The Bertz CT molecular complexity index is 402. The maximum atomic E-state index is 10.6. The van der Waals surface area contributed by atoms with Crippen LogP contribution in [-0.4, -0.2) is 10.9 Å². The van der Waals surface area contributed by atoms with E-state index >= 15 is 0 Å². The van der Waals surface area contributed by atoms with E-state index in [9.17, 15) is 14.9 Å². The van der Waals surface area contributed by atoms with Gasteiger partial charge in [-0.2, -0.15) is 0 Å². The number of benzene rings is 1. The van der Waals surface area contributed by atoms with Crippen molar-refractivity contribution in [3.63, 3.8) is 0 Å². The lowest BCUT2D eigenvalue weighted by Crippen LogP contribution is -2.03. The number of ether oxygens (including phenoxy) is 1. The van der Waals surface area contributed by atoms with E-state index in [1.807, 2.05) is 0 Å². The summed E-state index contributed by atoms with van der Waals surface area (Å²) in [4.78, 5) is 20.3. The van der Waals surface area contributed by atoms with Gasteiger partial charge >= 0.3 is 5.97 Å². The summed E-state index contributed by atoms with van der Waals surface area (Å²) in [5.41, 5.74) is -0.0782. The largest absolute Gasteiger partial charge is 0.417 e. The van der Waals surface area contributed by atoms with Crippen molar-refractivity contribution in [3.8, 4) is 18.1 Å². The van der Waals surface area contributed by atoms with E-state index in [4.69, 9.17) is 6.42 Å². The summed E-state index contributed by atoms with van der Waals surface area (Å²) < 4.78 is 4.60. The van der Waals surface area contributed by atoms with Crippen LogP contribution in [0, 0.1) is 22.5 Å². The van der Waals surface area contributed by atoms with Crippen molar-refractivity contribution >= 4 is 11.7 Å². The van der Waals surface area contributed by atoms with Crippen LogP contribution in [0.1, 0.15) is 0 Å². The Kier molecular flexibility index (Phi) is 2.82. The monoisotopic (exact) mass is 191 g/mol. The third-order valence-electron chi connectivity index (χ3n) is 1.38. The molecule has 70 valence electrons. The second-order valence-electron chi connectivity index (χ2n) is 2.28. The van der Waals surface area contributed by atoms with Crippen molar-refractivity contribution in [2.45, 2.75) is 0 Å². The molecule has 0 saturated carbocycles. The molecule has 0 N–H and O–H groups in total. The number of hydrogen-bond acceptors (Lipinski definition) is 4. The van der Waals surface area contributed by atoms with Crippen LogP contribution in [0.2, 0.25) is 0 Å². The van der Waals surface area contributed by atoms with E-state index in [0.29, 0.717) is 0 Å². The highest BCUT2D eigenvalue weighted by Crippen LogP contribution is 2.17. The van der Waals surface area contributed by atoms with Crippen molar-refractivity contribution in [2.24, 2.45) is 0 Å². The van der Waals surface area contributed by atoms with Gasteiger partial charge in [-0.1, -0.05) is 0 Å². The van der Waals surface area contributed by atoms with Crippen molar-refractivity contribution in [2.75, 3.05) is 0 Å². The number of nitro benzene ring substituents is 1. The summed E-state index contributed by atoms with van der Waals surface area (Å²) in [6, 6.07) is 5.04. The first-order chi connectivity index (χ1) is 6.63. The fourth-order valence-electron chi connectivity index (χ4n) is 0.772. The lowest BCUT2D eigenvalue weighted by atomic mass is 10.3. The zero-order valence-electron chi connectivity index (χ0n) is 6.97. The minimum atomic E-state index is -0.834. The number of esters is 1. The summed E-state index contributed by atoms with van der Waals surface area (Å²) in [6.45, 7) is 0. The van der Waals surface area contributed by atoms with Gasteiger partial charge in [0.1, 0.15) is 5.75 Å². The van der Waals surface area contributed by atoms with Crippen molar-refractivity contribution < 1.29 is 14.5 Å². The summed E-state index contributed by atoms with van der Waals surface area (Å²) in [6.07, 6.45) is 4.77. The Balaban J connectivity index is 2.80. The minimum Gasteiger partial charge on any atom is -0.417 e. The van der Waals surface area contributed by atoms with Crippen LogP contribution in [-0.2, 0) is 4.79 Å². The Hall–Kier alpha value is -2.35. The number of nitro groups is 1. The molecule has 5 heteroatoms. The van der Waals surface area contributed by atoms with E-state index in [-0.39, 0.29) is 11.4 Å². The van der Waals surface area contributed by atoms with Gasteiger partial charge in [0.2, 0.25) is 0 Å². The molecule has 0 heterocycles. The highest BCUT2D eigenvalue weighted by molar-refractivity contribution is 5.89. The van der Waals surface area contributed by atoms with Gasteiger partial charge in [0, 0.05) is 18.1 Å². The van der Waals surface area contributed by atoms with Crippen LogP contribution in [0.15, 0.2) is 24.3 Å². The third kappa shape index (κ3) is 2.32. The molecule has 0 aromatic heterocycles. The Morgan fingerprint density at radius 1 is 1.43 bits per heavy atom. The lowest BCUT2D eigenvalue weighted by molar-refractivity contribution is -0.384. The molecule has 0 aliphatic carbocycles. The molecular weight excluding hydrogens is 186 g/mol. The first-order valence-corrected chi connectivity index (χ1v) is 3.56. The number of hydrogen-bond donors (Lipinski definition) is 0. The first-order valence-electron chi connectivity index (χ1n) is 3.56. The fourth-order valence-corrected chi connectivity index (χ4v) is 0.772. The van der Waals surface area contributed by atoms with Crippen molar-refractivity contribution in [1.82, 2.24) is 0 Å². The summed E-state index contributed by atoms with van der Waals surface area (Å²) in [7, 11) is 0. The average molecular weight is 191 g/mol. The average Bonchev–Trinajstić information content (AvgIpc) is 2.18. The normalized spacial score (nSPS) is 8.79. The second kappa shape index (κ2) is 4.05. The zero-order chi connectivity index (χ0) is 10.6. The molecule has 0 bridgehead atoms. The Morgan fingerprint density at radius 2 is 2.00 bits per heavy atom. The molecule has 0 radical (unpaired) electrons. The Labute approximate surface area is 79.5 Å². The molecular formula is C9H5NO4. The number of carbonyl (C=O) groups is 1. The van der Waals surface area contributed by atoms with Crippen LogP contribution in [0.5, 0.6) is 5.75 Å². The van der Waals surface area contributed by atoms with E-state index in [2.05, 4.69) is 4.74 Å². The molecule has 0 aliphatic rings. The SMILES string of the molecule is C#CC(=O)Oc1ccc([N+](=O)[O-])cc1. The predicted octanol–water partition coefficient (Wildman–Crippen LogP) is 1.13. The topological polar surface area (TPSA) is 69.4 Å². The Morgan fingerprint density at radius 3 is 2.43 bits per heavy atom. The second-order valence-corrected chi connectivity index (χ2v) is 2.28. The molecule has 0 amide bonds. The van der Waals surface area contributed by atoms with Crippen LogP contribution in [0.4, 0.5) is 5.69 Å². The number of terminal acetylenes is 1. The van der Waals surface area contributed by atoms with Gasteiger partial charge in [0.25, 0.3) is 5.69 Å². The lowest BCUT2D eigenvalue weighted by Gasteiger charge is -1.98. The number of nitrogens with zero attached hydrogens (tertiary/aromatic N) is 1. The summed E-state index contributed by atoms with van der Waals surface area (Å²) in [5.74, 6) is 1.10. The molecule has 14 heavy (non-hydrogen) atoms. The van der Waals surface area contributed by atoms with Gasteiger partial charge in [0.05, 0.1) is 4.92 Å². The molecule has 0 saturated heterocycles. The van der Waals surface area contributed by atoms with E-state index in [1.165, 1.54) is 24.3 Å². The predicted molar refractivity (Wildman–Crippen MR) is 47.6 cm³/mol. The van der Waals surface area contributed by atoms with Gasteiger partial charge in [-0.15, -0.1) is 6.42 Å². The van der Waals surface area contributed by atoms with Gasteiger partial charge < -0.3 is 4.74 Å². The third-order valence-corrected chi connectivity index (χ3v) is 1.38. The number of non-ortho nitro benzene ring substituents is 1. The molecule has 1 aromatic rings. The molecule has 0 spiro atoms. The molecule has 0 fully saturated rings. The molecule has 0 unspecified atom stereocenters. The van der Waals surface area contributed by atoms with E-state index in [1.54, 1.807) is 5.92 Å². The summed E-state index contributed by atoms with van der Waals surface area (Å²) in [5, 5.41) is 10.3. The molecule has 0 aliphatic heterocycles. The number of carbonyl (C=O) groups excluding carboxylic acids is 1. The van der Waals surface area contributed by atoms with Gasteiger partial charge in [-0.05, 0) is 12.1 Å². The van der Waals surface area contributed by atoms with Gasteiger partial charge in [0.15, 0.2) is 0 Å². The minimum absolute atomic E-state index is 0.0782. The molecule has 0 atom stereocenters. The van der Waals surface area contributed by atoms with Crippen molar-refractivity contribution in [3.05, 3.63) is 34.4 Å². The highest BCUT2D eigenvalue weighted by atomic mass is 16.6. The van der Waals surface area contributed by atoms with Crippen LogP contribution >= 0.6 is 0 Å². The number of rotatable bonds is 2. The van der Waals surface area contributed by atoms with Crippen LogP contribution in [0.25, 0.3) is 0 Å². The molecule has 1 aromatic carbocycles. The maximum absolute atomic E-state index is 10.6. The first kappa shape index (κ1) is 9.74. The maximum Gasteiger partial charge on any atom is 0.389 e. The van der Waals surface area contributed by atoms with E-state index in [0.717, 1.165) is 0 Å². The van der Waals surface area contributed by atoms with Crippen LogP contribution in [0.3, 0.4) is 0 Å². The summed E-state index contributed by atoms with van der Waals surface area (Å²) >= 11 is 0. The molecule has 1 rings (SSSR count). The zero-order valence-corrected chi connectivity index (χ0v) is 6.97. The quantitative estimate of drug-likeness (QED) is 0.175. The highest BCUT2D eigenvalue weighted by Gasteiger charge is 2.05. The van der Waals surface area contributed by atoms with Gasteiger partial charge in [-0.3, -0.25) is 10.1 Å².